The number of ketones is 1. The van der Waals surface area contributed by atoms with Gasteiger partial charge in [0.05, 0.1) is 18.2 Å². The summed E-state index contributed by atoms with van der Waals surface area (Å²) in [6.45, 7) is 4.78. The summed E-state index contributed by atoms with van der Waals surface area (Å²) < 4.78 is 9.54. The number of Topliss-reactive ketones (excluding diaryl/α,β-unsaturated/α-hetero) is 1. The zero-order valence-electron chi connectivity index (χ0n) is 14.7. The van der Waals surface area contributed by atoms with E-state index in [9.17, 15) is 4.79 Å². The van der Waals surface area contributed by atoms with E-state index >= 15 is 0 Å². The second-order valence-corrected chi connectivity index (χ2v) is 6.25. The molecular weight excluding hydrogens is 318 g/mol. The maximum atomic E-state index is 12.2. The van der Waals surface area contributed by atoms with Crippen LogP contribution in [0.4, 0.5) is 0 Å². The number of rotatable bonds is 9. The van der Waals surface area contributed by atoms with E-state index in [1.807, 2.05) is 71.9 Å². The number of ether oxygens (including phenoxy) is 1. The summed E-state index contributed by atoms with van der Waals surface area (Å²) in [6.07, 6.45) is 8.10. The van der Waals surface area contributed by atoms with Crippen LogP contribution in [-0.4, -0.2) is 17.2 Å². The number of carbonyl (C=O) groups is 1. The molecule has 0 amide bonds. The van der Waals surface area contributed by atoms with E-state index in [0.717, 1.165) is 5.69 Å². The van der Waals surface area contributed by atoms with Crippen LogP contribution in [0.5, 0.6) is 0 Å². The fourth-order valence-electron chi connectivity index (χ4n) is 2.46. The van der Waals surface area contributed by atoms with E-state index in [1.165, 1.54) is 6.21 Å². The van der Waals surface area contributed by atoms with Gasteiger partial charge in [0.15, 0.2) is 30.1 Å². The van der Waals surface area contributed by atoms with Crippen LogP contribution < -0.4 is 9.13 Å². The quantitative estimate of drug-likeness (QED) is 0.249. The molecule has 0 bridgehead atoms. The predicted molar refractivity (Wildman–Crippen MR) is 92.1 cm³/mol. The number of pyridine rings is 2. The molecule has 0 atom stereocenters. The van der Waals surface area contributed by atoms with Gasteiger partial charge in [0.1, 0.15) is 0 Å². The summed E-state index contributed by atoms with van der Waals surface area (Å²) in [7, 11) is 0. The molecule has 0 aliphatic carbocycles. The third-order valence-corrected chi connectivity index (χ3v) is 3.66. The molecule has 2 aromatic heterocycles. The fraction of sp³-hybridized carbons (Fsp3) is 0.368. The lowest BCUT2D eigenvalue weighted by molar-refractivity contribution is -0.791. The molecule has 0 unspecified atom stereocenters. The SMILES string of the molecule is CC(C)CC(=O)c1ccc[n+](COC[n+]2ccccc2CC=NO)c1. The van der Waals surface area contributed by atoms with Crippen molar-refractivity contribution in [2.45, 2.75) is 40.2 Å². The Morgan fingerprint density at radius 1 is 1.24 bits per heavy atom. The molecule has 25 heavy (non-hydrogen) atoms. The highest BCUT2D eigenvalue weighted by molar-refractivity contribution is 5.95. The second-order valence-electron chi connectivity index (χ2n) is 6.25. The van der Waals surface area contributed by atoms with Gasteiger partial charge in [-0.25, -0.2) is 0 Å². The molecule has 2 heterocycles. The maximum Gasteiger partial charge on any atom is 0.258 e. The van der Waals surface area contributed by atoms with Gasteiger partial charge in [-0.2, -0.15) is 9.13 Å². The summed E-state index contributed by atoms with van der Waals surface area (Å²) in [6, 6.07) is 9.48. The van der Waals surface area contributed by atoms with E-state index in [1.54, 1.807) is 0 Å². The Morgan fingerprint density at radius 3 is 2.84 bits per heavy atom. The zero-order chi connectivity index (χ0) is 18.1. The molecule has 0 aromatic carbocycles. The van der Waals surface area contributed by atoms with Gasteiger partial charge in [-0.3, -0.25) is 9.53 Å². The van der Waals surface area contributed by atoms with Gasteiger partial charge >= 0.3 is 0 Å². The minimum absolute atomic E-state index is 0.146. The summed E-state index contributed by atoms with van der Waals surface area (Å²) >= 11 is 0. The normalized spacial score (nSPS) is 11.3. The molecule has 0 radical (unpaired) electrons. The van der Waals surface area contributed by atoms with Gasteiger partial charge in [0.2, 0.25) is 0 Å². The van der Waals surface area contributed by atoms with Gasteiger partial charge in [-0.15, -0.1) is 5.16 Å². The number of oxime groups is 1. The zero-order valence-corrected chi connectivity index (χ0v) is 14.7. The van der Waals surface area contributed by atoms with Crippen molar-refractivity contribution in [3.63, 3.8) is 0 Å². The number of hydrogen-bond donors (Lipinski definition) is 1. The Bertz CT molecular complexity index is 729. The standard InChI is InChI=1S/C19H24N3O3/c1-16(2)12-19(23)17-6-5-10-21(13-17)14-25-15-22-11-4-3-7-18(22)8-9-20-24/h3-7,9-11,13,16H,8,12,14-15H2,1-2H3/q+1/p+1. The molecule has 6 nitrogen and oxygen atoms in total. The number of aromatic nitrogens is 2. The first-order valence-electron chi connectivity index (χ1n) is 8.33. The number of hydrogen-bond acceptors (Lipinski definition) is 4. The van der Waals surface area contributed by atoms with Gasteiger partial charge in [-0.1, -0.05) is 19.9 Å². The van der Waals surface area contributed by atoms with E-state index < -0.39 is 0 Å². The van der Waals surface area contributed by atoms with E-state index in [-0.39, 0.29) is 5.78 Å². The molecule has 0 aliphatic heterocycles. The fourth-order valence-corrected chi connectivity index (χ4v) is 2.46. The molecule has 0 aliphatic rings. The second kappa shape index (κ2) is 9.64. The van der Waals surface area contributed by atoms with Crippen molar-refractivity contribution in [2.24, 2.45) is 11.1 Å². The summed E-state index contributed by atoms with van der Waals surface area (Å²) in [5.41, 5.74) is 1.68. The largest absolute Gasteiger partial charge is 0.411 e. The Balaban J connectivity index is 1.95. The van der Waals surface area contributed by atoms with E-state index in [4.69, 9.17) is 9.94 Å². The van der Waals surface area contributed by atoms with Crippen molar-refractivity contribution < 1.29 is 23.9 Å². The lowest BCUT2D eigenvalue weighted by Gasteiger charge is -2.04. The van der Waals surface area contributed by atoms with Gasteiger partial charge in [0, 0.05) is 24.6 Å². The molecule has 132 valence electrons. The van der Waals surface area contributed by atoms with Crippen LogP contribution >= 0.6 is 0 Å². The highest BCUT2D eigenvalue weighted by Crippen LogP contribution is 2.07. The molecule has 2 aromatic rings. The summed E-state index contributed by atoms with van der Waals surface area (Å²) in [5.74, 6) is 0.486. The van der Waals surface area contributed by atoms with Crippen molar-refractivity contribution in [3.8, 4) is 0 Å². The Kier molecular flexibility index (Phi) is 7.22. The van der Waals surface area contributed by atoms with Crippen molar-refractivity contribution in [1.82, 2.24) is 0 Å². The molecular formula is C19H25N3O3+2. The molecule has 0 spiro atoms. The summed E-state index contributed by atoms with van der Waals surface area (Å²) in [4.78, 5) is 12.2. The van der Waals surface area contributed by atoms with Crippen LogP contribution in [-0.2, 0) is 24.6 Å². The van der Waals surface area contributed by atoms with Crippen LogP contribution in [0, 0.1) is 5.92 Å². The van der Waals surface area contributed by atoms with Gasteiger partial charge in [0.25, 0.3) is 13.5 Å². The first kappa shape index (κ1) is 18.7. The van der Waals surface area contributed by atoms with E-state index in [0.29, 0.717) is 37.8 Å². The monoisotopic (exact) mass is 343 g/mol. The predicted octanol–water partition coefficient (Wildman–Crippen LogP) is 2.12. The minimum Gasteiger partial charge on any atom is -0.411 e. The number of carbonyl (C=O) groups excluding carboxylic acids is 1. The first-order chi connectivity index (χ1) is 12.1. The molecule has 1 N–H and O–H groups in total. The van der Waals surface area contributed by atoms with Gasteiger partial charge in [-0.05, 0) is 12.0 Å². The maximum absolute atomic E-state index is 12.2. The average molecular weight is 343 g/mol. The molecule has 6 heteroatoms. The highest BCUT2D eigenvalue weighted by Gasteiger charge is 2.13. The first-order valence-corrected chi connectivity index (χ1v) is 8.33. The average Bonchev–Trinajstić information content (AvgIpc) is 2.60. The van der Waals surface area contributed by atoms with Crippen molar-refractivity contribution in [1.29, 1.82) is 0 Å². The molecule has 0 saturated heterocycles. The smallest absolute Gasteiger partial charge is 0.258 e. The third kappa shape index (κ3) is 6.08. The Labute approximate surface area is 148 Å². The summed E-state index contributed by atoms with van der Waals surface area (Å²) in [5, 5.41) is 11.6. The minimum atomic E-state index is 0.146. The van der Waals surface area contributed by atoms with Crippen LogP contribution in [0.15, 0.2) is 54.1 Å². The van der Waals surface area contributed by atoms with Crippen LogP contribution in [0.1, 0.15) is 36.3 Å². The molecule has 0 saturated carbocycles. The van der Waals surface area contributed by atoms with Crippen LogP contribution in [0.25, 0.3) is 0 Å². The van der Waals surface area contributed by atoms with Crippen molar-refractivity contribution in [2.75, 3.05) is 0 Å². The topological polar surface area (TPSA) is 66.7 Å². The molecule has 2 rings (SSSR count). The number of nitrogens with zero attached hydrogens (tertiary/aromatic N) is 3. The van der Waals surface area contributed by atoms with Crippen LogP contribution in [0.2, 0.25) is 0 Å². The highest BCUT2D eigenvalue weighted by atomic mass is 16.5. The molecule has 0 fully saturated rings. The van der Waals surface area contributed by atoms with Gasteiger partial charge < -0.3 is 5.21 Å². The van der Waals surface area contributed by atoms with E-state index in [2.05, 4.69) is 5.16 Å². The van der Waals surface area contributed by atoms with Crippen molar-refractivity contribution >= 4 is 12.0 Å². The Hall–Kier alpha value is -2.60. The lowest BCUT2D eigenvalue weighted by atomic mass is 10.0. The lowest BCUT2D eigenvalue weighted by Crippen LogP contribution is -2.43. The van der Waals surface area contributed by atoms with Crippen molar-refractivity contribution in [3.05, 3.63) is 60.2 Å². The van der Waals surface area contributed by atoms with Crippen LogP contribution in [0.3, 0.4) is 0 Å². The third-order valence-electron chi connectivity index (χ3n) is 3.66. The Morgan fingerprint density at radius 2 is 2.08 bits per heavy atom.